The summed E-state index contributed by atoms with van der Waals surface area (Å²) >= 11 is 0. The van der Waals surface area contributed by atoms with Crippen LogP contribution in [0.5, 0.6) is 0 Å². The second-order valence-electron chi connectivity index (χ2n) is 14.6. The van der Waals surface area contributed by atoms with Gasteiger partial charge in [-0.1, -0.05) is 6.07 Å². The summed E-state index contributed by atoms with van der Waals surface area (Å²) < 4.78 is 77.3. The van der Waals surface area contributed by atoms with Gasteiger partial charge in [-0.3, -0.25) is 29.4 Å². The fourth-order valence-electron chi connectivity index (χ4n) is 6.52. The van der Waals surface area contributed by atoms with Crippen molar-refractivity contribution in [2.24, 2.45) is 0 Å². The van der Waals surface area contributed by atoms with Crippen molar-refractivity contribution in [2.75, 3.05) is 184 Å². The number of ether oxygens (including phenoxy) is 14. The molecule has 0 spiro atoms. The SMILES string of the molecule is O=C1CCC(N2C(=O)c3cccc(NCCOCCOCCOCCOCCOCCOCCOCCOCCOCCOCCOCCOCCOC4CCCCO4)c3C2=O)C(=O)N1. The van der Waals surface area contributed by atoms with Crippen LogP contribution in [0.15, 0.2) is 18.2 Å². The second kappa shape index (κ2) is 35.9. The minimum Gasteiger partial charge on any atom is -0.382 e. The van der Waals surface area contributed by atoms with Crippen LogP contribution in [0.25, 0.3) is 0 Å². The first-order chi connectivity index (χ1) is 32.1. The van der Waals surface area contributed by atoms with Crippen molar-refractivity contribution >= 4 is 29.3 Å². The predicted molar refractivity (Wildman–Crippen MR) is 231 cm³/mol. The molecule has 21 nitrogen and oxygen atoms in total. The van der Waals surface area contributed by atoms with E-state index in [-0.39, 0.29) is 30.3 Å². The van der Waals surface area contributed by atoms with Gasteiger partial charge in [-0.15, -0.1) is 0 Å². The number of amides is 4. The van der Waals surface area contributed by atoms with Crippen LogP contribution in [0.3, 0.4) is 0 Å². The van der Waals surface area contributed by atoms with Crippen LogP contribution in [0, 0.1) is 0 Å². The van der Waals surface area contributed by atoms with Crippen molar-refractivity contribution in [1.82, 2.24) is 10.2 Å². The number of carbonyl (C=O) groups excluding carboxylic acids is 4. The van der Waals surface area contributed by atoms with Crippen molar-refractivity contribution in [3.05, 3.63) is 29.3 Å². The maximum Gasteiger partial charge on any atom is 0.264 e. The van der Waals surface area contributed by atoms with Gasteiger partial charge in [0.1, 0.15) is 6.04 Å². The first-order valence-corrected chi connectivity index (χ1v) is 22.8. The minimum atomic E-state index is -1.01. The van der Waals surface area contributed by atoms with Gasteiger partial charge in [0.25, 0.3) is 11.8 Å². The molecular formula is C44H71N3O18. The fourth-order valence-corrected chi connectivity index (χ4v) is 6.52. The largest absolute Gasteiger partial charge is 0.382 e. The molecule has 0 aliphatic carbocycles. The highest BCUT2D eigenvalue weighted by atomic mass is 16.7. The Labute approximate surface area is 381 Å². The molecule has 2 unspecified atom stereocenters. The number of hydrogen-bond acceptors (Lipinski definition) is 19. The third-order valence-corrected chi connectivity index (χ3v) is 9.79. The normalized spacial score (nSPS) is 17.6. The quantitative estimate of drug-likeness (QED) is 0.0695. The maximum atomic E-state index is 13.2. The van der Waals surface area contributed by atoms with Crippen LogP contribution in [0.1, 0.15) is 52.8 Å². The number of carbonyl (C=O) groups is 4. The molecule has 0 radical (unpaired) electrons. The van der Waals surface area contributed by atoms with Gasteiger partial charge in [0.15, 0.2) is 6.29 Å². The highest BCUT2D eigenvalue weighted by Gasteiger charge is 2.45. The molecule has 0 aromatic heterocycles. The average molecular weight is 930 g/mol. The van der Waals surface area contributed by atoms with Crippen LogP contribution >= 0.6 is 0 Å². The van der Waals surface area contributed by atoms with E-state index in [1.165, 1.54) is 0 Å². The van der Waals surface area contributed by atoms with E-state index in [4.69, 9.17) is 66.3 Å². The van der Waals surface area contributed by atoms with E-state index in [2.05, 4.69) is 10.6 Å². The minimum absolute atomic E-state index is 0.0633. The van der Waals surface area contributed by atoms with Gasteiger partial charge >= 0.3 is 0 Å². The molecule has 3 heterocycles. The Bertz CT molecular complexity index is 1450. The number of anilines is 1. The lowest BCUT2D eigenvalue weighted by molar-refractivity contribution is -0.169. The molecule has 1 aromatic carbocycles. The fraction of sp³-hybridized carbons (Fsp3) is 0.773. The molecule has 0 bridgehead atoms. The Balaban J connectivity index is 0.782. The summed E-state index contributed by atoms with van der Waals surface area (Å²) in [5, 5.41) is 5.34. The Hall–Kier alpha value is -3.26. The van der Waals surface area contributed by atoms with Crippen molar-refractivity contribution in [3.8, 4) is 0 Å². The maximum absolute atomic E-state index is 13.2. The molecule has 3 aliphatic rings. The summed E-state index contributed by atoms with van der Waals surface area (Å²) in [6.45, 7) is 12.8. The zero-order valence-electron chi connectivity index (χ0n) is 37.8. The van der Waals surface area contributed by atoms with Crippen molar-refractivity contribution in [1.29, 1.82) is 0 Å². The lowest BCUT2D eigenvalue weighted by atomic mass is 10.0. The topological polar surface area (TPSA) is 225 Å². The molecule has 3 aliphatic heterocycles. The molecule has 4 rings (SSSR count). The molecule has 2 saturated heterocycles. The molecule has 21 heteroatoms. The number of piperidine rings is 1. The van der Waals surface area contributed by atoms with Gasteiger partial charge < -0.3 is 71.6 Å². The van der Waals surface area contributed by atoms with Crippen LogP contribution in [-0.2, 0) is 75.9 Å². The highest BCUT2D eigenvalue weighted by molar-refractivity contribution is 6.25. The highest BCUT2D eigenvalue weighted by Crippen LogP contribution is 2.32. The van der Waals surface area contributed by atoms with Crippen LogP contribution in [0.2, 0.25) is 0 Å². The predicted octanol–water partition coefficient (Wildman–Crippen LogP) is 1.24. The zero-order valence-corrected chi connectivity index (χ0v) is 37.8. The monoisotopic (exact) mass is 929 g/mol. The number of imide groups is 2. The van der Waals surface area contributed by atoms with E-state index in [1.807, 2.05) is 0 Å². The Kier molecular flexibility index (Phi) is 30.0. The molecule has 1 aromatic rings. The van der Waals surface area contributed by atoms with E-state index < -0.39 is 29.7 Å². The standard InChI is InChI=1S/C44H71N3O18/c48-39-8-7-38(42(49)46-39)47-43(50)36-4-3-5-37(41(36)44(47)51)45-9-11-52-12-13-53-14-15-54-16-17-55-18-19-56-20-21-57-22-23-58-24-25-59-26-27-60-28-29-61-30-31-62-32-33-63-34-35-65-40-6-1-2-10-64-40/h3-5,38,40,45H,1-2,6-35H2,(H,46,48,49). The summed E-state index contributed by atoms with van der Waals surface area (Å²) in [6.07, 6.45) is 3.31. The molecule has 2 N–H and O–H groups in total. The number of hydrogen-bond donors (Lipinski definition) is 2. The molecule has 370 valence electrons. The first-order valence-electron chi connectivity index (χ1n) is 22.8. The first kappa shape index (κ1) is 54.3. The zero-order chi connectivity index (χ0) is 45.8. The van der Waals surface area contributed by atoms with Gasteiger partial charge in [0.05, 0.1) is 176 Å². The van der Waals surface area contributed by atoms with E-state index in [9.17, 15) is 19.2 Å². The molecule has 2 atom stereocenters. The van der Waals surface area contributed by atoms with E-state index in [0.29, 0.717) is 177 Å². The number of nitrogens with one attached hydrogen (secondary N) is 2. The van der Waals surface area contributed by atoms with Crippen molar-refractivity contribution in [3.63, 3.8) is 0 Å². The molecular weight excluding hydrogens is 858 g/mol. The molecule has 4 amide bonds. The number of benzene rings is 1. The summed E-state index contributed by atoms with van der Waals surface area (Å²) in [5.74, 6) is -2.17. The van der Waals surface area contributed by atoms with Crippen molar-refractivity contribution in [2.45, 2.75) is 44.4 Å². The summed E-state index contributed by atoms with van der Waals surface area (Å²) in [6, 6.07) is 3.90. The van der Waals surface area contributed by atoms with Crippen LogP contribution in [-0.4, -0.2) is 219 Å². The lowest BCUT2D eigenvalue weighted by Gasteiger charge is -2.27. The van der Waals surface area contributed by atoms with Gasteiger partial charge in [-0.05, 0) is 37.8 Å². The van der Waals surface area contributed by atoms with Crippen LogP contribution < -0.4 is 10.6 Å². The summed E-state index contributed by atoms with van der Waals surface area (Å²) in [5.41, 5.74) is 0.901. The van der Waals surface area contributed by atoms with E-state index in [1.54, 1.807) is 18.2 Å². The van der Waals surface area contributed by atoms with Gasteiger partial charge in [0, 0.05) is 25.3 Å². The Morgan fingerprint density at radius 1 is 0.523 bits per heavy atom. The number of fused-ring (bicyclic) bond motifs is 1. The van der Waals surface area contributed by atoms with E-state index >= 15 is 0 Å². The Morgan fingerprint density at radius 3 is 1.37 bits per heavy atom. The Morgan fingerprint density at radius 2 is 0.954 bits per heavy atom. The number of rotatable bonds is 42. The van der Waals surface area contributed by atoms with E-state index in [0.717, 1.165) is 30.8 Å². The summed E-state index contributed by atoms with van der Waals surface area (Å²) in [4.78, 5) is 50.9. The number of nitrogens with zero attached hydrogens (tertiary/aromatic N) is 1. The average Bonchev–Trinajstić information content (AvgIpc) is 3.57. The molecule has 0 saturated carbocycles. The second-order valence-corrected chi connectivity index (χ2v) is 14.6. The van der Waals surface area contributed by atoms with Gasteiger partial charge in [-0.25, -0.2) is 0 Å². The van der Waals surface area contributed by atoms with Gasteiger partial charge in [0.2, 0.25) is 11.8 Å². The van der Waals surface area contributed by atoms with Crippen molar-refractivity contribution < 1.29 is 85.5 Å². The molecule has 2 fully saturated rings. The van der Waals surface area contributed by atoms with Gasteiger partial charge in [-0.2, -0.15) is 0 Å². The third kappa shape index (κ3) is 23.3. The smallest absolute Gasteiger partial charge is 0.264 e. The summed E-state index contributed by atoms with van der Waals surface area (Å²) in [7, 11) is 0. The lowest BCUT2D eigenvalue weighted by Crippen LogP contribution is -2.54. The van der Waals surface area contributed by atoms with Crippen LogP contribution in [0.4, 0.5) is 5.69 Å². The molecule has 65 heavy (non-hydrogen) atoms. The third-order valence-electron chi connectivity index (χ3n) is 9.79.